The van der Waals surface area contributed by atoms with Gasteiger partial charge in [0.05, 0.1) is 0 Å². The number of hydrogen-bond acceptors (Lipinski definition) is 4. The molecule has 22 heavy (non-hydrogen) atoms. The molecule has 0 spiro atoms. The maximum atomic E-state index is 11.2. The second-order valence-electron chi connectivity index (χ2n) is 4.94. The summed E-state index contributed by atoms with van der Waals surface area (Å²) in [5, 5.41) is 22.3. The summed E-state index contributed by atoms with van der Waals surface area (Å²) in [5.41, 5.74) is 2.83. The molecule has 0 radical (unpaired) electrons. The van der Waals surface area contributed by atoms with Gasteiger partial charge in [-0.2, -0.15) is 0 Å². The van der Waals surface area contributed by atoms with Gasteiger partial charge >= 0.3 is 5.82 Å². The highest BCUT2D eigenvalue weighted by Gasteiger charge is 2.33. The van der Waals surface area contributed by atoms with E-state index in [1.807, 2.05) is 13.8 Å². The Hall–Kier alpha value is -3.02. The van der Waals surface area contributed by atoms with Crippen molar-refractivity contribution in [1.82, 2.24) is 0 Å². The maximum Gasteiger partial charge on any atom is 0.567 e. The van der Waals surface area contributed by atoms with E-state index < -0.39 is 15.7 Å². The van der Waals surface area contributed by atoms with E-state index in [1.54, 1.807) is 48.5 Å². The van der Waals surface area contributed by atoms with Gasteiger partial charge in [-0.05, 0) is 25.0 Å². The first-order valence-electron chi connectivity index (χ1n) is 6.57. The summed E-state index contributed by atoms with van der Waals surface area (Å²) in [5.74, 6) is -1.02. The lowest BCUT2D eigenvalue weighted by molar-refractivity contribution is -0.614. The quantitative estimate of drug-likeness (QED) is 0.637. The molecule has 0 fully saturated rings. The molecule has 0 aliphatic carbocycles. The standard InChI is InChI=1S/C16H14N2O4/c1-11-3-7-13(8-4-11)15(16(17(19)20)18(21)22)14-9-5-12(2)6-10-14/h3-10H,1-2H3. The topological polar surface area (TPSA) is 86.3 Å². The predicted octanol–water partition coefficient (Wildman–Crippen LogP) is 3.57. The van der Waals surface area contributed by atoms with Gasteiger partial charge in [0.2, 0.25) is 0 Å². The van der Waals surface area contributed by atoms with E-state index in [0.717, 1.165) is 11.1 Å². The van der Waals surface area contributed by atoms with E-state index in [-0.39, 0.29) is 5.57 Å². The van der Waals surface area contributed by atoms with Crippen molar-refractivity contribution < 1.29 is 9.85 Å². The van der Waals surface area contributed by atoms with Gasteiger partial charge < -0.3 is 0 Å². The van der Waals surface area contributed by atoms with Crippen LogP contribution in [0.1, 0.15) is 22.3 Å². The molecule has 2 aromatic rings. The lowest BCUT2D eigenvalue weighted by Gasteiger charge is -2.06. The third kappa shape index (κ3) is 3.17. The monoisotopic (exact) mass is 298 g/mol. The zero-order valence-corrected chi connectivity index (χ0v) is 12.1. The lowest BCUT2D eigenvalue weighted by atomic mass is 9.96. The van der Waals surface area contributed by atoms with Crippen LogP contribution in [0.2, 0.25) is 0 Å². The Morgan fingerprint density at radius 1 is 0.727 bits per heavy atom. The molecule has 0 saturated heterocycles. The molecule has 6 nitrogen and oxygen atoms in total. The summed E-state index contributed by atoms with van der Waals surface area (Å²) in [6.07, 6.45) is 0. The molecule has 0 bridgehead atoms. The number of nitro groups is 2. The fourth-order valence-electron chi connectivity index (χ4n) is 2.11. The minimum absolute atomic E-state index is 0.00926. The first kappa shape index (κ1) is 15.4. The normalized spacial score (nSPS) is 10.1. The van der Waals surface area contributed by atoms with Crippen molar-refractivity contribution in [3.63, 3.8) is 0 Å². The van der Waals surface area contributed by atoms with Crippen LogP contribution in [0.25, 0.3) is 5.57 Å². The summed E-state index contributed by atoms with van der Waals surface area (Å²) in [7, 11) is 0. The van der Waals surface area contributed by atoms with E-state index in [1.165, 1.54) is 0 Å². The van der Waals surface area contributed by atoms with Crippen molar-refractivity contribution in [2.45, 2.75) is 13.8 Å². The second-order valence-corrected chi connectivity index (χ2v) is 4.94. The van der Waals surface area contributed by atoms with Crippen molar-refractivity contribution in [2.75, 3.05) is 0 Å². The van der Waals surface area contributed by atoms with Crippen LogP contribution in [-0.2, 0) is 0 Å². The molecular weight excluding hydrogens is 284 g/mol. The molecule has 0 amide bonds. The van der Waals surface area contributed by atoms with Crippen LogP contribution in [0.5, 0.6) is 0 Å². The molecule has 0 aromatic heterocycles. The van der Waals surface area contributed by atoms with Crippen molar-refractivity contribution in [2.24, 2.45) is 0 Å². The van der Waals surface area contributed by atoms with Crippen LogP contribution in [0, 0.1) is 34.1 Å². The first-order valence-corrected chi connectivity index (χ1v) is 6.57. The van der Waals surface area contributed by atoms with E-state index >= 15 is 0 Å². The maximum absolute atomic E-state index is 11.2. The van der Waals surface area contributed by atoms with Crippen LogP contribution >= 0.6 is 0 Å². The minimum atomic E-state index is -1.02. The number of aryl methyl sites for hydroxylation is 2. The van der Waals surface area contributed by atoms with Gasteiger partial charge in [0.25, 0.3) is 0 Å². The van der Waals surface area contributed by atoms with Gasteiger partial charge in [0.15, 0.2) is 0 Å². The fourth-order valence-corrected chi connectivity index (χ4v) is 2.11. The summed E-state index contributed by atoms with van der Waals surface area (Å²) >= 11 is 0. The van der Waals surface area contributed by atoms with Crippen LogP contribution in [-0.4, -0.2) is 9.85 Å². The summed E-state index contributed by atoms with van der Waals surface area (Å²) in [6.45, 7) is 3.75. The number of hydrogen-bond donors (Lipinski definition) is 0. The Labute approximate surface area is 127 Å². The molecule has 0 N–H and O–H groups in total. The third-order valence-corrected chi connectivity index (χ3v) is 3.25. The van der Waals surface area contributed by atoms with Crippen LogP contribution in [0.4, 0.5) is 0 Å². The molecule has 0 aliphatic heterocycles. The molecule has 0 unspecified atom stereocenters. The summed E-state index contributed by atoms with van der Waals surface area (Å²) in [4.78, 5) is 20.4. The zero-order chi connectivity index (χ0) is 16.3. The van der Waals surface area contributed by atoms with Crippen molar-refractivity contribution in [1.29, 1.82) is 0 Å². The molecular formula is C16H14N2O4. The van der Waals surface area contributed by atoms with Gasteiger partial charge in [-0.3, -0.25) is 20.2 Å². The van der Waals surface area contributed by atoms with E-state index in [9.17, 15) is 20.2 Å². The Bertz CT molecular complexity index is 683. The SMILES string of the molecule is Cc1ccc(C(=C([N+](=O)[O-])[N+](=O)[O-])c2ccc(C)cc2)cc1. The highest BCUT2D eigenvalue weighted by molar-refractivity contribution is 5.80. The Kier molecular flexibility index (Phi) is 4.31. The van der Waals surface area contributed by atoms with E-state index in [4.69, 9.17) is 0 Å². The van der Waals surface area contributed by atoms with Crippen molar-refractivity contribution in [3.8, 4) is 0 Å². The minimum Gasteiger partial charge on any atom is -0.253 e. The summed E-state index contributed by atoms with van der Waals surface area (Å²) < 4.78 is 0. The lowest BCUT2D eigenvalue weighted by Crippen LogP contribution is -2.13. The Morgan fingerprint density at radius 2 is 1.05 bits per heavy atom. The van der Waals surface area contributed by atoms with Crippen LogP contribution < -0.4 is 0 Å². The van der Waals surface area contributed by atoms with E-state index in [0.29, 0.717) is 11.1 Å². The van der Waals surface area contributed by atoms with Gasteiger partial charge in [-0.25, -0.2) is 0 Å². The number of benzene rings is 2. The fraction of sp³-hybridized carbons (Fsp3) is 0.125. The largest absolute Gasteiger partial charge is 0.567 e. The smallest absolute Gasteiger partial charge is 0.253 e. The number of rotatable bonds is 4. The van der Waals surface area contributed by atoms with Crippen molar-refractivity contribution in [3.05, 3.63) is 96.8 Å². The van der Waals surface area contributed by atoms with Gasteiger partial charge in [-0.15, -0.1) is 0 Å². The summed E-state index contributed by atoms with van der Waals surface area (Å²) in [6, 6.07) is 13.7. The predicted molar refractivity (Wildman–Crippen MR) is 82.4 cm³/mol. The van der Waals surface area contributed by atoms with Gasteiger partial charge in [-0.1, -0.05) is 59.7 Å². The molecule has 0 aliphatic rings. The van der Waals surface area contributed by atoms with Crippen LogP contribution in [0.15, 0.2) is 54.4 Å². The second kappa shape index (κ2) is 6.17. The Balaban J connectivity index is 2.76. The molecule has 2 rings (SSSR count). The molecule has 112 valence electrons. The molecule has 6 heteroatoms. The molecule has 2 aromatic carbocycles. The van der Waals surface area contributed by atoms with Gasteiger partial charge in [0, 0.05) is 0 Å². The average Bonchev–Trinajstić information content (AvgIpc) is 2.46. The zero-order valence-electron chi connectivity index (χ0n) is 12.1. The average molecular weight is 298 g/mol. The highest BCUT2D eigenvalue weighted by atomic mass is 16.7. The van der Waals surface area contributed by atoms with Crippen molar-refractivity contribution >= 4 is 5.57 Å². The van der Waals surface area contributed by atoms with Gasteiger partial charge in [0.1, 0.15) is 15.4 Å². The molecule has 0 saturated carbocycles. The van der Waals surface area contributed by atoms with Crippen LogP contribution in [0.3, 0.4) is 0 Å². The van der Waals surface area contributed by atoms with E-state index in [2.05, 4.69) is 0 Å². The molecule has 0 heterocycles. The Morgan fingerprint density at radius 3 is 1.32 bits per heavy atom. The third-order valence-electron chi connectivity index (χ3n) is 3.25. The highest BCUT2D eigenvalue weighted by Crippen LogP contribution is 2.28. The molecule has 0 atom stereocenters. The first-order chi connectivity index (χ1) is 10.4. The number of nitrogens with zero attached hydrogens (tertiary/aromatic N) is 2.